The lowest BCUT2D eigenvalue weighted by atomic mass is 10.2. The van der Waals surface area contributed by atoms with E-state index in [-0.39, 0.29) is 34.8 Å². The maximum absolute atomic E-state index is 12.7. The first-order valence-corrected chi connectivity index (χ1v) is 10.1. The number of nitrogens with zero attached hydrogens (tertiary/aromatic N) is 6. The van der Waals surface area contributed by atoms with Crippen molar-refractivity contribution < 1.29 is 4.79 Å². The van der Waals surface area contributed by atoms with Gasteiger partial charge in [0.2, 0.25) is 5.16 Å². The molecule has 12 nitrogen and oxygen atoms in total. The van der Waals surface area contributed by atoms with E-state index in [4.69, 9.17) is 11.6 Å². The summed E-state index contributed by atoms with van der Waals surface area (Å²) in [6.45, 7) is 7.76. The Balaban J connectivity index is 1.84. The molecule has 30 heavy (non-hydrogen) atoms. The molecule has 160 valence electrons. The summed E-state index contributed by atoms with van der Waals surface area (Å²) in [4.78, 5) is 39.1. The predicted molar refractivity (Wildman–Crippen MR) is 112 cm³/mol. The molecule has 0 atom stereocenters. The van der Waals surface area contributed by atoms with Crippen LogP contribution in [0, 0.1) is 19.8 Å². The van der Waals surface area contributed by atoms with E-state index in [9.17, 15) is 14.4 Å². The van der Waals surface area contributed by atoms with Gasteiger partial charge in [-0.3, -0.25) is 19.1 Å². The fourth-order valence-corrected chi connectivity index (χ4v) is 3.67. The summed E-state index contributed by atoms with van der Waals surface area (Å²) in [5.41, 5.74) is 5.87. The lowest BCUT2D eigenvalue weighted by molar-refractivity contribution is 0.102. The molecule has 0 aliphatic heterocycles. The molecule has 0 saturated heterocycles. The normalized spacial score (nSPS) is 11.4. The maximum atomic E-state index is 12.7. The van der Waals surface area contributed by atoms with Gasteiger partial charge in [-0.2, -0.15) is 5.10 Å². The van der Waals surface area contributed by atoms with Gasteiger partial charge in [0.1, 0.15) is 11.4 Å². The molecule has 3 aromatic rings. The minimum Gasteiger partial charge on any atom is -0.384 e. The molecule has 3 heterocycles. The van der Waals surface area contributed by atoms with E-state index >= 15 is 0 Å². The number of nitrogens with two attached hydrogens (primary N) is 2. The third-order valence-electron chi connectivity index (χ3n) is 4.24. The number of nitrogen functional groups attached to an aromatic ring is 2. The van der Waals surface area contributed by atoms with Gasteiger partial charge in [-0.1, -0.05) is 25.6 Å². The first-order valence-electron chi connectivity index (χ1n) is 9.12. The number of nitrogens with one attached hydrogen (secondary N) is 1. The number of H-pyrrole nitrogens is 1. The number of hydrogen-bond donors (Lipinski definition) is 3. The fraction of sp³-hybridized carbons (Fsp3) is 0.412. The molecular formula is C17H23N9O3S. The van der Waals surface area contributed by atoms with Crippen molar-refractivity contribution in [1.29, 1.82) is 0 Å². The molecular weight excluding hydrogens is 410 g/mol. The Bertz CT molecular complexity index is 1220. The van der Waals surface area contributed by atoms with Crippen molar-refractivity contribution in [2.75, 3.05) is 17.3 Å². The molecule has 0 aliphatic carbocycles. The highest BCUT2D eigenvalue weighted by atomic mass is 32.2. The summed E-state index contributed by atoms with van der Waals surface area (Å²) in [5.74, 6) is 5.57. The van der Waals surface area contributed by atoms with Crippen LogP contribution in [0.25, 0.3) is 5.95 Å². The topological polar surface area (TPSA) is 172 Å². The fourth-order valence-electron chi connectivity index (χ4n) is 2.95. The number of aromatic nitrogens is 7. The van der Waals surface area contributed by atoms with Gasteiger partial charge in [-0.25, -0.2) is 14.2 Å². The molecule has 0 radical (unpaired) electrons. The lowest BCUT2D eigenvalue weighted by Gasteiger charge is -2.13. The zero-order valence-corrected chi connectivity index (χ0v) is 17.9. The highest BCUT2D eigenvalue weighted by Crippen LogP contribution is 2.19. The van der Waals surface area contributed by atoms with Crippen LogP contribution in [0.15, 0.2) is 20.8 Å². The number of aryl methyl sites for hydroxylation is 2. The number of carbonyl (C=O) groups is 1. The van der Waals surface area contributed by atoms with E-state index in [1.165, 1.54) is 9.24 Å². The Morgan fingerprint density at radius 3 is 2.57 bits per heavy atom. The molecule has 3 rings (SSSR count). The van der Waals surface area contributed by atoms with E-state index < -0.39 is 17.0 Å². The van der Waals surface area contributed by atoms with Gasteiger partial charge in [0.15, 0.2) is 5.78 Å². The van der Waals surface area contributed by atoms with Crippen LogP contribution >= 0.6 is 11.8 Å². The lowest BCUT2D eigenvalue weighted by Crippen LogP contribution is -2.37. The minimum absolute atomic E-state index is 0.0943. The Morgan fingerprint density at radius 2 is 1.97 bits per heavy atom. The number of ketones is 1. The van der Waals surface area contributed by atoms with E-state index in [0.717, 1.165) is 23.1 Å². The zero-order valence-electron chi connectivity index (χ0n) is 17.0. The van der Waals surface area contributed by atoms with Crippen molar-refractivity contribution in [3.05, 3.63) is 43.9 Å². The molecule has 0 bridgehead atoms. The van der Waals surface area contributed by atoms with Crippen LogP contribution < -0.4 is 22.8 Å². The van der Waals surface area contributed by atoms with Crippen LogP contribution in [-0.2, 0) is 6.54 Å². The molecule has 13 heteroatoms. The molecule has 0 spiro atoms. The molecule has 0 unspecified atom stereocenters. The first-order chi connectivity index (χ1) is 14.1. The van der Waals surface area contributed by atoms with Gasteiger partial charge < -0.3 is 11.6 Å². The second-order valence-corrected chi connectivity index (χ2v) is 8.17. The zero-order chi connectivity index (χ0) is 22.2. The van der Waals surface area contributed by atoms with E-state index in [1.54, 1.807) is 4.68 Å². The summed E-state index contributed by atoms with van der Waals surface area (Å²) in [5, 5.41) is 12.6. The number of thioether (sulfide) groups is 1. The van der Waals surface area contributed by atoms with E-state index in [0.29, 0.717) is 5.95 Å². The number of carbonyl (C=O) groups excluding carboxylic acids is 1. The number of aromatic amines is 1. The largest absolute Gasteiger partial charge is 0.384 e. The summed E-state index contributed by atoms with van der Waals surface area (Å²) in [7, 11) is 0. The average molecular weight is 433 g/mol. The van der Waals surface area contributed by atoms with Gasteiger partial charge in [-0.05, 0) is 25.8 Å². The second-order valence-electron chi connectivity index (χ2n) is 7.23. The number of rotatable bonds is 7. The van der Waals surface area contributed by atoms with Gasteiger partial charge in [0.25, 0.3) is 11.5 Å². The van der Waals surface area contributed by atoms with Crippen LogP contribution in [0.1, 0.15) is 35.6 Å². The molecule has 5 N–H and O–H groups in total. The highest BCUT2D eigenvalue weighted by molar-refractivity contribution is 7.99. The van der Waals surface area contributed by atoms with Gasteiger partial charge in [0.05, 0.1) is 11.4 Å². The van der Waals surface area contributed by atoms with Crippen LogP contribution in [0.2, 0.25) is 0 Å². The monoisotopic (exact) mass is 433 g/mol. The SMILES string of the molecule is Cc1cc(C)n(-c2nnc(SCC(=O)c3c(N)n(CC(C)C)c(=O)[nH]c3=O)n2N)n1. The summed E-state index contributed by atoms with van der Waals surface area (Å²) in [6.07, 6.45) is 0. The average Bonchev–Trinajstić information content (AvgIpc) is 3.17. The maximum Gasteiger partial charge on any atom is 0.329 e. The Kier molecular flexibility index (Phi) is 5.82. The Labute approximate surface area is 175 Å². The van der Waals surface area contributed by atoms with Crippen molar-refractivity contribution in [1.82, 2.24) is 34.2 Å². The second kappa shape index (κ2) is 8.18. The predicted octanol–water partition coefficient (Wildman–Crippen LogP) is -0.142. The number of Topliss-reactive ketones (excluding diaryl/α,β-unsaturated/α-hetero) is 1. The van der Waals surface area contributed by atoms with Crippen molar-refractivity contribution in [3.8, 4) is 5.95 Å². The van der Waals surface area contributed by atoms with Gasteiger partial charge in [-0.15, -0.1) is 10.2 Å². The van der Waals surface area contributed by atoms with Crippen LogP contribution in [0.5, 0.6) is 0 Å². The third kappa shape index (κ3) is 4.01. The Hall–Kier alpha value is -3.35. The van der Waals surface area contributed by atoms with Crippen LogP contribution in [0.4, 0.5) is 5.82 Å². The van der Waals surface area contributed by atoms with Crippen molar-refractivity contribution >= 4 is 23.4 Å². The molecule has 0 saturated carbocycles. The van der Waals surface area contributed by atoms with Crippen molar-refractivity contribution in [2.45, 2.75) is 39.4 Å². The minimum atomic E-state index is -0.819. The molecule has 0 aromatic carbocycles. The first kappa shape index (κ1) is 21.4. The molecule has 0 fully saturated rings. The van der Waals surface area contributed by atoms with Crippen molar-refractivity contribution in [3.63, 3.8) is 0 Å². The molecule has 3 aromatic heterocycles. The van der Waals surface area contributed by atoms with Crippen LogP contribution in [0.3, 0.4) is 0 Å². The molecule has 0 aliphatic rings. The Morgan fingerprint density at radius 1 is 1.27 bits per heavy atom. The summed E-state index contributed by atoms with van der Waals surface area (Å²) >= 11 is 0.997. The van der Waals surface area contributed by atoms with Gasteiger partial charge >= 0.3 is 5.69 Å². The smallest absolute Gasteiger partial charge is 0.329 e. The standard InChI is InChI=1S/C17H23N9O3S/c1-8(2)6-24-13(18)12(14(28)20-16(24)29)11(27)7-30-17-22-21-15(25(17)19)26-10(4)5-9(3)23-26/h5,8H,6-7,18-19H2,1-4H3,(H,20,28,29). The van der Waals surface area contributed by atoms with Crippen molar-refractivity contribution in [2.24, 2.45) is 5.92 Å². The van der Waals surface area contributed by atoms with Crippen LogP contribution in [-0.4, -0.2) is 45.7 Å². The number of anilines is 1. The van der Waals surface area contributed by atoms with E-state index in [1.807, 2.05) is 33.8 Å². The molecule has 0 amide bonds. The van der Waals surface area contributed by atoms with E-state index in [2.05, 4.69) is 20.3 Å². The highest BCUT2D eigenvalue weighted by Gasteiger charge is 2.22. The summed E-state index contributed by atoms with van der Waals surface area (Å²) < 4.78 is 3.94. The summed E-state index contributed by atoms with van der Waals surface area (Å²) in [6, 6.07) is 1.87. The van der Waals surface area contributed by atoms with Gasteiger partial charge in [0, 0.05) is 12.2 Å². The number of hydrogen-bond acceptors (Lipinski definition) is 9. The quantitative estimate of drug-likeness (QED) is 0.260. The third-order valence-corrected chi connectivity index (χ3v) is 5.19.